The Morgan fingerprint density at radius 2 is 1.87 bits per heavy atom. The number of nitrogens with zero attached hydrogens (tertiary/aromatic N) is 1. The smallest absolute Gasteiger partial charge is 0.434 e. The highest BCUT2D eigenvalue weighted by Gasteiger charge is 2.73. The summed E-state index contributed by atoms with van der Waals surface area (Å²) < 4.78 is 42.5. The van der Waals surface area contributed by atoms with Crippen molar-refractivity contribution in [3.63, 3.8) is 0 Å². The monoisotopic (exact) mass is 555 g/mol. The van der Waals surface area contributed by atoms with E-state index in [1.165, 1.54) is 19.1 Å². The molecule has 12 heteroatoms. The third kappa shape index (κ3) is 4.85. The number of ketones is 2. The molecule has 0 bridgehead atoms. The molecular weight excluding hydrogens is 520 g/mol. The second-order valence-corrected chi connectivity index (χ2v) is 11.8. The number of carbonyl (C=O) groups excluding carboxylic acids is 3. The number of hydrogen-bond donors (Lipinski definition) is 1. The van der Waals surface area contributed by atoms with Crippen molar-refractivity contribution >= 4 is 17.7 Å². The average Bonchev–Trinajstić information content (AvgIpc) is 3.12. The molecule has 6 unspecified atom stereocenters. The van der Waals surface area contributed by atoms with Gasteiger partial charge >= 0.3 is 6.16 Å². The van der Waals surface area contributed by atoms with Crippen LogP contribution in [0.25, 0.3) is 0 Å². The van der Waals surface area contributed by atoms with Crippen LogP contribution in [0.1, 0.15) is 52.9 Å². The fraction of sp³-hybridized carbons (Fsp3) is 0.741. The molecule has 9 atom stereocenters. The molecule has 4 aliphatic rings. The summed E-state index contributed by atoms with van der Waals surface area (Å²) in [5, 5.41) is 20.5. The molecule has 0 aromatic heterocycles. The molecule has 0 saturated heterocycles. The first-order valence-corrected chi connectivity index (χ1v) is 13.3. The number of aliphatic hydroxyl groups excluding tert-OH is 1. The second kappa shape index (κ2) is 10.6. The van der Waals surface area contributed by atoms with Gasteiger partial charge in [-0.05, 0) is 74.0 Å². The highest BCUT2D eigenvalue weighted by Crippen LogP contribution is 2.70. The number of aliphatic hydroxyl groups is 1. The SMILES string of the molecule is C[C@@H]1CC2C3C[C@H](F)C4=CC(=O)C=CC4(C)[C@@]3(F)C(O)CC2(C)C1C(=O)COC(=O)OCCCCO[N+](=O)[O-]. The quantitative estimate of drug-likeness (QED) is 0.194. The predicted molar refractivity (Wildman–Crippen MR) is 131 cm³/mol. The summed E-state index contributed by atoms with van der Waals surface area (Å²) >= 11 is 0. The van der Waals surface area contributed by atoms with Crippen molar-refractivity contribution in [3.05, 3.63) is 33.9 Å². The van der Waals surface area contributed by atoms with E-state index >= 15 is 8.78 Å². The molecule has 39 heavy (non-hydrogen) atoms. The van der Waals surface area contributed by atoms with E-state index in [1.807, 2.05) is 13.8 Å². The number of halogens is 2. The minimum atomic E-state index is -2.22. The van der Waals surface area contributed by atoms with E-state index in [1.54, 1.807) is 0 Å². The van der Waals surface area contributed by atoms with Gasteiger partial charge in [-0.2, -0.15) is 0 Å². The fourth-order valence-electron chi connectivity index (χ4n) is 8.02. The average molecular weight is 556 g/mol. The van der Waals surface area contributed by atoms with Gasteiger partial charge in [0.15, 0.2) is 23.8 Å². The molecule has 216 valence electrons. The maximum absolute atomic E-state index is 17.2. The number of alkyl halides is 2. The summed E-state index contributed by atoms with van der Waals surface area (Å²) in [7, 11) is 0. The van der Waals surface area contributed by atoms with Crippen molar-refractivity contribution in [2.75, 3.05) is 19.8 Å². The Kier molecular flexibility index (Phi) is 7.90. The van der Waals surface area contributed by atoms with Crippen LogP contribution in [-0.2, 0) is 23.9 Å². The van der Waals surface area contributed by atoms with Gasteiger partial charge in [0.05, 0.1) is 19.3 Å². The number of unbranched alkanes of at least 4 members (excludes halogenated alkanes) is 1. The molecule has 0 spiro atoms. The minimum absolute atomic E-state index is 0.0380. The van der Waals surface area contributed by atoms with Crippen molar-refractivity contribution in [1.82, 2.24) is 0 Å². The normalized spacial score (nSPS) is 40.6. The zero-order valence-corrected chi connectivity index (χ0v) is 22.3. The van der Waals surface area contributed by atoms with E-state index < -0.39 is 70.2 Å². The van der Waals surface area contributed by atoms with Crippen molar-refractivity contribution in [1.29, 1.82) is 0 Å². The van der Waals surface area contributed by atoms with E-state index in [0.717, 1.165) is 6.08 Å². The maximum Gasteiger partial charge on any atom is 0.508 e. The van der Waals surface area contributed by atoms with Gasteiger partial charge in [0, 0.05) is 17.3 Å². The maximum atomic E-state index is 17.2. The van der Waals surface area contributed by atoms with Gasteiger partial charge in [0.25, 0.3) is 5.09 Å². The Bertz CT molecular complexity index is 1100. The molecule has 1 N–H and O–H groups in total. The standard InChI is InChI=1S/C27H35F2NO9/c1-15-10-17-18-12-20(28)19-11-16(31)6-7-26(19,3)27(18,29)22(33)13-25(17,2)23(15)21(32)14-38-24(34)37-8-4-5-9-39-30(35)36/h6-7,11,15,17-18,20,22-23,33H,4-5,8-10,12-14H2,1-3H3/t15-,17?,18?,20+,22?,23?,25?,26?,27+/m1/s1. The van der Waals surface area contributed by atoms with Gasteiger partial charge in [-0.15, -0.1) is 10.1 Å². The Hall–Kier alpha value is -2.89. The van der Waals surface area contributed by atoms with Crippen LogP contribution in [0.3, 0.4) is 0 Å². The Morgan fingerprint density at radius 3 is 2.56 bits per heavy atom. The van der Waals surface area contributed by atoms with Crippen LogP contribution in [0.2, 0.25) is 0 Å². The van der Waals surface area contributed by atoms with E-state index in [0.29, 0.717) is 12.8 Å². The topological polar surface area (TPSA) is 142 Å². The van der Waals surface area contributed by atoms with Crippen molar-refractivity contribution in [2.45, 2.75) is 70.8 Å². The number of fused-ring (bicyclic) bond motifs is 5. The predicted octanol–water partition coefficient (Wildman–Crippen LogP) is 3.88. The largest absolute Gasteiger partial charge is 0.508 e. The Balaban J connectivity index is 1.43. The van der Waals surface area contributed by atoms with E-state index in [4.69, 9.17) is 9.47 Å². The van der Waals surface area contributed by atoms with Crippen LogP contribution in [0.5, 0.6) is 0 Å². The van der Waals surface area contributed by atoms with E-state index in [9.17, 15) is 29.6 Å². The number of hydrogen-bond acceptors (Lipinski definition) is 9. The molecule has 0 radical (unpaired) electrons. The van der Waals surface area contributed by atoms with Gasteiger partial charge in [-0.3, -0.25) is 9.59 Å². The molecule has 0 heterocycles. The summed E-state index contributed by atoms with van der Waals surface area (Å²) in [6.07, 6.45) is 0.421. The molecule has 3 saturated carbocycles. The van der Waals surface area contributed by atoms with Crippen LogP contribution >= 0.6 is 0 Å². The lowest BCUT2D eigenvalue weighted by atomic mass is 9.45. The van der Waals surface area contributed by atoms with E-state index in [-0.39, 0.29) is 49.8 Å². The van der Waals surface area contributed by atoms with Crippen LogP contribution < -0.4 is 0 Å². The lowest BCUT2D eigenvalue weighted by molar-refractivity contribution is -0.757. The van der Waals surface area contributed by atoms with Gasteiger partial charge in [-0.25, -0.2) is 13.6 Å². The molecule has 0 aromatic rings. The molecule has 0 aromatic carbocycles. The Labute approximate surface area is 224 Å². The number of ether oxygens (including phenoxy) is 2. The zero-order valence-electron chi connectivity index (χ0n) is 22.3. The van der Waals surface area contributed by atoms with Crippen molar-refractivity contribution < 1.29 is 47.7 Å². The van der Waals surface area contributed by atoms with E-state index in [2.05, 4.69) is 4.84 Å². The lowest BCUT2D eigenvalue weighted by Crippen LogP contribution is -2.68. The fourth-order valence-corrected chi connectivity index (χ4v) is 8.02. The molecule has 4 rings (SSSR count). The summed E-state index contributed by atoms with van der Waals surface area (Å²) in [5.41, 5.74) is -4.51. The van der Waals surface area contributed by atoms with Crippen LogP contribution in [0.15, 0.2) is 23.8 Å². The van der Waals surface area contributed by atoms with Crippen molar-refractivity contribution in [2.24, 2.45) is 34.5 Å². The lowest BCUT2D eigenvalue weighted by Gasteiger charge is -2.62. The third-order valence-corrected chi connectivity index (χ3v) is 9.60. The number of allylic oxidation sites excluding steroid dienone is 4. The minimum Gasteiger partial charge on any atom is -0.434 e. The van der Waals surface area contributed by atoms with Crippen LogP contribution in [0.4, 0.5) is 13.6 Å². The summed E-state index contributed by atoms with van der Waals surface area (Å²) in [5.74, 6) is -2.97. The van der Waals surface area contributed by atoms with Crippen molar-refractivity contribution in [3.8, 4) is 0 Å². The van der Waals surface area contributed by atoms with Gasteiger partial charge in [0.2, 0.25) is 0 Å². The molecule has 10 nitrogen and oxygen atoms in total. The highest BCUT2D eigenvalue weighted by atomic mass is 19.1. The summed E-state index contributed by atoms with van der Waals surface area (Å²) in [6, 6.07) is 0. The summed E-state index contributed by atoms with van der Waals surface area (Å²) in [4.78, 5) is 51.5. The van der Waals surface area contributed by atoms with Gasteiger partial charge in [0.1, 0.15) is 6.17 Å². The second-order valence-electron chi connectivity index (χ2n) is 11.8. The molecule has 4 aliphatic carbocycles. The first-order chi connectivity index (χ1) is 18.3. The first kappa shape index (κ1) is 29.1. The van der Waals surface area contributed by atoms with Gasteiger partial charge in [-0.1, -0.05) is 19.9 Å². The highest BCUT2D eigenvalue weighted by molar-refractivity contribution is 6.01. The summed E-state index contributed by atoms with van der Waals surface area (Å²) in [6.45, 7) is 4.43. The molecule has 0 aliphatic heterocycles. The van der Waals surface area contributed by atoms with Gasteiger partial charge < -0.3 is 19.4 Å². The zero-order chi connectivity index (χ0) is 28.8. The number of Topliss-reactive ketones (excluding diaryl/α,β-unsaturated/α-hetero) is 1. The first-order valence-electron chi connectivity index (χ1n) is 13.3. The van der Waals surface area contributed by atoms with Crippen LogP contribution in [0, 0.1) is 44.6 Å². The molecule has 0 amide bonds. The molecular formula is C27H35F2NO9. The third-order valence-electron chi connectivity index (χ3n) is 9.60. The Morgan fingerprint density at radius 1 is 1.18 bits per heavy atom. The van der Waals surface area contributed by atoms with Crippen LogP contribution in [-0.4, -0.2) is 65.7 Å². The number of rotatable bonds is 9. The molecule has 3 fully saturated rings. The number of carbonyl (C=O) groups is 3.